The molecule has 8 atom stereocenters. The van der Waals surface area contributed by atoms with Gasteiger partial charge in [-0.2, -0.15) is 0 Å². The van der Waals surface area contributed by atoms with Gasteiger partial charge in [-0.25, -0.2) is 0 Å². The summed E-state index contributed by atoms with van der Waals surface area (Å²) < 4.78 is 6.71. The summed E-state index contributed by atoms with van der Waals surface area (Å²) in [6.07, 6.45) is -3.24. The third-order valence-corrected chi connectivity index (χ3v) is 9.21. The van der Waals surface area contributed by atoms with Gasteiger partial charge in [0, 0.05) is 35.6 Å². The number of benzene rings is 3. The molecule has 0 bridgehead atoms. The molecule has 1 unspecified atom stereocenters. The molecule has 50 heavy (non-hydrogen) atoms. The third-order valence-electron chi connectivity index (χ3n) is 9.21. The van der Waals surface area contributed by atoms with Crippen LogP contribution in [0.15, 0.2) is 97.2 Å². The van der Waals surface area contributed by atoms with Crippen molar-refractivity contribution in [1.82, 2.24) is 15.0 Å². The zero-order valence-corrected chi connectivity index (χ0v) is 27.1. The Balaban J connectivity index is 1.21. The number of amides is 2. The van der Waals surface area contributed by atoms with Crippen molar-refractivity contribution < 1.29 is 45.0 Å². The van der Waals surface area contributed by atoms with E-state index in [4.69, 9.17) is 4.74 Å². The van der Waals surface area contributed by atoms with Gasteiger partial charge in [0.05, 0.1) is 23.9 Å². The second-order valence-corrected chi connectivity index (χ2v) is 12.4. The SMILES string of the molecule is C[C@H](/C=C/CCn1cc(C(CO)c2ccccc2)nn1)[C@@]1(O)C(=O)N(c2ccccc2)c2ccc(NC(=O)[C@H]3O[C@@H](O)[C@H](O)[C@@H](O)[C@@H]3O)cc21. The van der Waals surface area contributed by atoms with Crippen LogP contribution in [-0.4, -0.2) is 94.8 Å². The van der Waals surface area contributed by atoms with Crippen LogP contribution >= 0.6 is 0 Å². The smallest absolute Gasteiger partial charge is 0.268 e. The Morgan fingerprint density at radius 1 is 1.00 bits per heavy atom. The van der Waals surface area contributed by atoms with Crippen molar-refractivity contribution >= 4 is 28.9 Å². The standard InChI is InChI=1S/C36H39N5O9/c1-21(10-8-9-17-40-19-27(38-39-40)25(20-42)22-11-4-2-5-12-22)36(49)26-18-23(37-33(46)32-30(44)29(43)31(45)34(47)50-32)15-16-28(26)41(35(36)48)24-13-6-3-7-14-24/h2-8,10-16,18-19,21,25,29-32,34,42-45,47,49H,9,17,20H2,1H3,(H,37,46)/b10-8+/t21-,25?,29+,30+,31-,32+,34-,36+/m1/s1. The summed E-state index contributed by atoms with van der Waals surface area (Å²) in [4.78, 5) is 28.6. The molecule has 0 spiro atoms. The molecule has 0 radical (unpaired) electrons. The summed E-state index contributed by atoms with van der Waals surface area (Å²) in [6.45, 7) is 2.04. The molecule has 3 aromatic carbocycles. The molecular formula is C36H39N5O9. The lowest BCUT2D eigenvalue weighted by molar-refractivity contribution is -0.274. The van der Waals surface area contributed by atoms with E-state index in [0.717, 1.165) is 5.56 Å². The predicted octanol–water partition coefficient (Wildman–Crippen LogP) is 1.29. The maximum atomic E-state index is 14.1. The van der Waals surface area contributed by atoms with Gasteiger partial charge in [0.1, 0.15) is 18.3 Å². The Hall–Kier alpha value is -4.80. The Morgan fingerprint density at radius 3 is 2.40 bits per heavy atom. The predicted molar refractivity (Wildman–Crippen MR) is 180 cm³/mol. The highest BCUT2D eigenvalue weighted by Gasteiger charge is 2.53. The fraction of sp³-hybridized carbons (Fsp3) is 0.333. The van der Waals surface area contributed by atoms with Crippen molar-refractivity contribution in [3.8, 4) is 0 Å². The number of ether oxygens (including phenoxy) is 1. The van der Waals surface area contributed by atoms with Crippen LogP contribution in [0.25, 0.3) is 0 Å². The minimum Gasteiger partial charge on any atom is -0.395 e. The molecule has 2 aliphatic heterocycles. The first-order chi connectivity index (χ1) is 24.0. The van der Waals surface area contributed by atoms with Gasteiger partial charge in [0.15, 0.2) is 18.0 Å². The Bertz CT molecular complexity index is 1840. The van der Waals surface area contributed by atoms with Gasteiger partial charge >= 0.3 is 0 Å². The number of anilines is 3. The molecule has 2 aliphatic rings. The molecule has 4 aromatic rings. The average Bonchev–Trinajstić information content (AvgIpc) is 3.68. The van der Waals surface area contributed by atoms with Gasteiger partial charge in [-0.1, -0.05) is 72.8 Å². The first kappa shape index (κ1) is 35.0. The Morgan fingerprint density at radius 2 is 1.70 bits per heavy atom. The maximum absolute atomic E-state index is 14.1. The zero-order valence-electron chi connectivity index (χ0n) is 27.1. The number of nitrogens with zero attached hydrogens (tertiary/aromatic N) is 4. The lowest BCUT2D eigenvalue weighted by atomic mass is 9.82. The number of allylic oxidation sites excluding steroid dienone is 1. The van der Waals surface area contributed by atoms with Crippen LogP contribution in [0.4, 0.5) is 17.1 Å². The molecule has 14 heteroatoms. The van der Waals surface area contributed by atoms with Crippen molar-refractivity contribution in [2.75, 3.05) is 16.8 Å². The van der Waals surface area contributed by atoms with E-state index >= 15 is 0 Å². The maximum Gasteiger partial charge on any atom is 0.268 e. The molecule has 1 saturated heterocycles. The van der Waals surface area contributed by atoms with Crippen LogP contribution in [0.5, 0.6) is 0 Å². The number of para-hydroxylation sites is 1. The van der Waals surface area contributed by atoms with Gasteiger partial charge in [-0.3, -0.25) is 19.2 Å². The Kier molecular flexibility index (Phi) is 10.2. The number of rotatable bonds is 11. The summed E-state index contributed by atoms with van der Waals surface area (Å²) in [5.41, 5.74) is 0.810. The van der Waals surface area contributed by atoms with Crippen molar-refractivity contribution in [3.05, 3.63) is 114 Å². The lowest BCUT2D eigenvalue weighted by Gasteiger charge is -2.37. The molecule has 1 fully saturated rings. The van der Waals surface area contributed by atoms with Crippen LogP contribution in [0.2, 0.25) is 0 Å². The zero-order chi connectivity index (χ0) is 35.6. The molecule has 262 valence electrons. The second kappa shape index (κ2) is 14.6. The number of aliphatic hydroxyl groups excluding tert-OH is 5. The highest BCUT2D eigenvalue weighted by molar-refractivity contribution is 6.12. The molecule has 14 nitrogen and oxygen atoms in total. The fourth-order valence-corrected chi connectivity index (χ4v) is 6.36. The monoisotopic (exact) mass is 685 g/mol. The summed E-state index contributed by atoms with van der Waals surface area (Å²) in [5, 5.41) is 73.2. The first-order valence-corrected chi connectivity index (χ1v) is 16.2. The molecule has 7 N–H and O–H groups in total. The second-order valence-electron chi connectivity index (χ2n) is 12.4. The molecule has 2 amide bonds. The number of carbonyl (C=O) groups excluding carboxylic acids is 2. The summed E-state index contributed by atoms with van der Waals surface area (Å²) in [6, 6.07) is 22.9. The average molecular weight is 686 g/mol. The van der Waals surface area contributed by atoms with E-state index in [1.807, 2.05) is 36.4 Å². The van der Waals surface area contributed by atoms with E-state index in [2.05, 4.69) is 15.6 Å². The van der Waals surface area contributed by atoms with Crippen molar-refractivity contribution in [3.63, 3.8) is 0 Å². The van der Waals surface area contributed by atoms with E-state index in [1.165, 1.54) is 17.0 Å². The number of aliphatic hydroxyl groups is 6. The summed E-state index contributed by atoms with van der Waals surface area (Å²) in [5.74, 6) is -2.57. The van der Waals surface area contributed by atoms with Crippen LogP contribution < -0.4 is 10.2 Å². The van der Waals surface area contributed by atoms with E-state index < -0.39 is 54.0 Å². The van der Waals surface area contributed by atoms with Crippen LogP contribution in [0.3, 0.4) is 0 Å². The van der Waals surface area contributed by atoms with Gasteiger partial charge in [0.25, 0.3) is 11.8 Å². The van der Waals surface area contributed by atoms with Crippen molar-refractivity contribution in [2.24, 2.45) is 5.92 Å². The quantitative estimate of drug-likeness (QED) is 0.112. The van der Waals surface area contributed by atoms with Crippen molar-refractivity contribution in [2.45, 2.75) is 62.1 Å². The van der Waals surface area contributed by atoms with Crippen LogP contribution in [0, 0.1) is 5.92 Å². The number of aryl methyl sites for hydroxylation is 1. The van der Waals surface area contributed by atoms with E-state index in [0.29, 0.717) is 30.0 Å². The van der Waals surface area contributed by atoms with Gasteiger partial charge < -0.3 is 40.7 Å². The minimum absolute atomic E-state index is 0.119. The molecule has 0 saturated carbocycles. The molecule has 1 aromatic heterocycles. The number of fused-ring (bicyclic) bond motifs is 1. The highest BCUT2D eigenvalue weighted by atomic mass is 16.6. The third kappa shape index (κ3) is 6.57. The summed E-state index contributed by atoms with van der Waals surface area (Å²) in [7, 11) is 0. The van der Waals surface area contributed by atoms with E-state index in [9.17, 15) is 40.2 Å². The Labute approximate surface area is 287 Å². The fourth-order valence-electron chi connectivity index (χ4n) is 6.36. The van der Waals surface area contributed by atoms with Gasteiger partial charge in [-0.05, 0) is 42.3 Å². The largest absolute Gasteiger partial charge is 0.395 e. The van der Waals surface area contributed by atoms with Gasteiger partial charge in [0.2, 0.25) is 0 Å². The molecule has 6 rings (SSSR count). The number of nitrogens with one attached hydrogen (secondary N) is 1. The number of hydrogen-bond donors (Lipinski definition) is 7. The molecule has 0 aliphatic carbocycles. The molecule has 3 heterocycles. The van der Waals surface area contributed by atoms with Crippen molar-refractivity contribution in [1.29, 1.82) is 0 Å². The van der Waals surface area contributed by atoms with Crippen LogP contribution in [0.1, 0.15) is 36.1 Å². The first-order valence-electron chi connectivity index (χ1n) is 16.2. The van der Waals surface area contributed by atoms with Gasteiger partial charge in [-0.15, -0.1) is 5.10 Å². The number of hydrogen-bond acceptors (Lipinski definition) is 11. The highest BCUT2D eigenvalue weighted by Crippen LogP contribution is 2.49. The number of aromatic nitrogens is 3. The summed E-state index contributed by atoms with van der Waals surface area (Å²) >= 11 is 0. The van der Waals surface area contributed by atoms with E-state index in [1.54, 1.807) is 60.3 Å². The lowest BCUT2D eigenvalue weighted by Crippen LogP contribution is -2.60. The molecular weight excluding hydrogens is 646 g/mol. The van der Waals surface area contributed by atoms with Crippen LogP contribution in [-0.2, 0) is 26.5 Å². The normalized spacial score (nSPS) is 26.2. The number of carbonyl (C=O) groups is 2. The van der Waals surface area contributed by atoms with E-state index in [-0.39, 0.29) is 23.8 Å². The topological polar surface area (TPSA) is 211 Å². The minimum atomic E-state index is -2.05.